The smallest absolute Gasteiger partial charge is 0.657 e. The number of ketones is 1. The van der Waals surface area contributed by atoms with Crippen LogP contribution in [-0.4, -0.2) is 33.0 Å². The zero-order valence-corrected chi connectivity index (χ0v) is 26.7. The summed E-state index contributed by atoms with van der Waals surface area (Å²) in [5.41, 5.74) is 7.21. The van der Waals surface area contributed by atoms with Gasteiger partial charge in [0.2, 0.25) is 0 Å². The number of carbonyl (C=O) groups is 3. The van der Waals surface area contributed by atoms with Crippen molar-refractivity contribution < 1.29 is 46.8 Å². The molecule has 1 aliphatic heterocycles. The number of aliphatic carboxylic acids is 2. The Kier molecular flexibility index (Phi) is 9.37. The third-order valence-corrected chi connectivity index (χ3v) is 8.20. The van der Waals surface area contributed by atoms with Gasteiger partial charge in [-0.3, -0.25) is 14.4 Å². The molecule has 0 aliphatic carbocycles. The van der Waals surface area contributed by atoms with Crippen molar-refractivity contribution in [3.8, 4) is 0 Å². The fourth-order valence-corrected chi connectivity index (χ4v) is 5.87. The number of hydrogen-bond donors (Lipinski definition) is 3. The van der Waals surface area contributed by atoms with Crippen LogP contribution in [0.5, 0.6) is 0 Å². The first-order chi connectivity index (χ1) is 20.8. The van der Waals surface area contributed by atoms with E-state index in [0.717, 1.165) is 22.3 Å². The average Bonchev–Trinajstić information content (AvgIpc) is 3.59. The molecule has 0 radical (unpaired) electrons. The molecule has 3 N–H and O–H groups in total. The average molecular weight is 648 g/mol. The Balaban J connectivity index is 0.00000461. The Bertz CT molecular complexity index is 2140. The van der Waals surface area contributed by atoms with Crippen molar-refractivity contribution >= 4 is 47.8 Å². The molecule has 10 nitrogen and oxygen atoms in total. The number of aromatic nitrogens is 4. The van der Waals surface area contributed by atoms with E-state index in [9.17, 15) is 29.7 Å². The summed E-state index contributed by atoms with van der Waals surface area (Å²) in [5, 5.41) is 31.4. The minimum absolute atomic E-state index is 0. The first-order valence-corrected chi connectivity index (χ1v) is 14.1. The summed E-state index contributed by atoms with van der Waals surface area (Å²) in [6.07, 6.45) is 7.21. The number of nitrogens with zero attached hydrogens (tertiary/aromatic N) is 4. The van der Waals surface area contributed by atoms with E-state index < -0.39 is 11.9 Å². The summed E-state index contributed by atoms with van der Waals surface area (Å²) in [5.74, 6) is -2.24. The molecule has 4 aromatic heterocycles. The zero-order chi connectivity index (χ0) is 32.0. The molecule has 5 heterocycles. The largest absolute Gasteiger partial charge is 4.00 e. The van der Waals surface area contributed by atoms with Gasteiger partial charge < -0.3 is 35.3 Å². The van der Waals surface area contributed by atoms with Gasteiger partial charge in [0, 0.05) is 24.0 Å². The van der Waals surface area contributed by atoms with E-state index in [1.807, 2.05) is 20.8 Å². The van der Waals surface area contributed by atoms with Gasteiger partial charge in [-0.05, 0) is 47.5 Å². The molecule has 0 unspecified atom stereocenters. The van der Waals surface area contributed by atoms with E-state index in [-0.39, 0.29) is 54.3 Å². The van der Waals surface area contributed by atoms with Gasteiger partial charge in [0.15, 0.2) is 5.78 Å². The van der Waals surface area contributed by atoms with Crippen molar-refractivity contribution in [1.82, 2.24) is 19.9 Å². The van der Waals surface area contributed by atoms with E-state index in [1.54, 1.807) is 31.2 Å². The number of aliphatic hydroxyl groups is 1. The van der Waals surface area contributed by atoms with Crippen LogP contribution in [0.2, 0.25) is 0 Å². The summed E-state index contributed by atoms with van der Waals surface area (Å²) in [6, 6.07) is 0. The Morgan fingerprint density at radius 1 is 0.600 bits per heavy atom. The third kappa shape index (κ3) is 6.27. The van der Waals surface area contributed by atoms with E-state index in [2.05, 4.69) is 6.58 Å². The molecular formula is C34H32FeN4O6. The Morgan fingerprint density at radius 2 is 1.09 bits per heavy atom. The number of fused-ring (bicyclic) bond motifs is 8. The number of hydrogen-bond acceptors (Lipinski definition) is 4. The Labute approximate surface area is 269 Å². The summed E-state index contributed by atoms with van der Waals surface area (Å²) < 4.78 is 0. The number of Topliss-reactive ketones (excluding diaryl/α,β-unsaturated/α-hetero) is 1. The monoisotopic (exact) mass is 648 g/mol. The number of aliphatic hydroxyl groups excluding tert-OH is 1. The standard InChI is InChI=1S/C34H35N4O6.Fe/c1-15-21(7-9-31(41)42)27-14-28-22(8-10-32(43)44)16(2)24(36-28)12-29-34(20(6)40)18(4)26(38-29)13-30-33(19(5)39)17(3)25(37-30)11-23(15)35-27;/h11-14H,5,7-10H2,1-4,6H3,(H6-,35,36,37,38,39,40,41,42,43,44);/q-1;+4/p-3/b23-11-,24-12?,25-11?,26-13-,27-14-,28-14?,29-12-,30-13?;. The maximum Gasteiger partial charge on any atom is 4.00 e. The fourth-order valence-electron chi connectivity index (χ4n) is 5.87. The van der Waals surface area contributed by atoms with Gasteiger partial charge in [-0.25, -0.2) is 0 Å². The second-order valence-corrected chi connectivity index (χ2v) is 11.1. The molecule has 11 heteroatoms. The van der Waals surface area contributed by atoms with Gasteiger partial charge in [0.05, 0.1) is 0 Å². The van der Waals surface area contributed by atoms with Crippen molar-refractivity contribution in [2.45, 2.75) is 60.3 Å². The molecule has 0 saturated carbocycles. The minimum atomic E-state index is -0.948. The summed E-state index contributed by atoms with van der Waals surface area (Å²) in [6.45, 7) is 12.5. The number of carboxylic acid groups (broad SMARTS) is 2. The molecule has 4 aromatic rings. The summed E-state index contributed by atoms with van der Waals surface area (Å²) >= 11 is 0. The van der Waals surface area contributed by atoms with E-state index in [1.165, 1.54) is 6.92 Å². The molecule has 232 valence electrons. The van der Waals surface area contributed by atoms with Gasteiger partial charge in [0.1, 0.15) is 5.76 Å². The van der Waals surface area contributed by atoms with Crippen LogP contribution >= 0.6 is 0 Å². The minimum Gasteiger partial charge on any atom is -0.657 e. The fraction of sp³-hybridized carbons (Fsp3) is 0.265. The number of carboxylic acids is 2. The zero-order valence-electron chi connectivity index (χ0n) is 25.6. The predicted octanol–water partition coefficient (Wildman–Crippen LogP) is 1.14. The van der Waals surface area contributed by atoms with Crippen molar-refractivity contribution in [2.75, 3.05) is 0 Å². The van der Waals surface area contributed by atoms with Crippen LogP contribution in [0, 0.1) is 27.7 Å². The maximum atomic E-state index is 12.8. The van der Waals surface area contributed by atoms with E-state index in [4.69, 9.17) is 19.9 Å². The van der Waals surface area contributed by atoms with Crippen molar-refractivity contribution in [1.29, 1.82) is 0 Å². The van der Waals surface area contributed by atoms with Crippen molar-refractivity contribution in [3.63, 3.8) is 0 Å². The van der Waals surface area contributed by atoms with Crippen LogP contribution in [0.3, 0.4) is 0 Å². The van der Waals surface area contributed by atoms with Crippen molar-refractivity contribution in [2.24, 2.45) is 0 Å². The van der Waals surface area contributed by atoms with Crippen LogP contribution in [0.15, 0.2) is 6.58 Å². The normalized spacial score (nSPS) is 14.9. The predicted molar refractivity (Wildman–Crippen MR) is 164 cm³/mol. The molecular weight excluding hydrogens is 616 g/mol. The van der Waals surface area contributed by atoms with Gasteiger partial charge in [0.25, 0.3) is 0 Å². The molecule has 0 aromatic carbocycles. The van der Waals surface area contributed by atoms with E-state index >= 15 is 0 Å². The summed E-state index contributed by atoms with van der Waals surface area (Å²) in [4.78, 5) is 55.2. The Morgan fingerprint density at radius 3 is 1.69 bits per heavy atom. The molecule has 0 fully saturated rings. The van der Waals surface area contributed by atoms with Crippen LogP contribution in [-0.2, 0) is 39.5 Å². The van der Waals surface area contributed by atoms with E-state index in [0.29, 0.717) is 66.4 Å². The number of rotatable bonds is 8. The first-order valence-electron chi connectivity index (χ1n) is 14.1. The van der Waals surface area contributed by atoms with Crippen LogP contribution < -0.4 is 41.3 Å². The second kappa shape index (κ2) is 12.7. The van der Waals surface area contributed by atoms with Crippen LogP contribution in [0.25, 0.3) is 30.1 Å². The Hall–Kier alpha value is -4.73. The van der Waals surface area contributed by atoms with Crippen LogP contribution in [0.1, 0.15) is 91.8 Å². The topological polar surface area (TPSA) is 168 Å². The number of carbonyl (C=O) groups excluding carboxylic acids is 1. The van der Waals surface area contributed by atoms with Crippen molar-refractivity contribution in [3.05, 3.63) is 95.3 Å². The third-order valence-electron chi connectivity index (χ3n) is 8.20. The molecule has 0 atom stereocenters. The quantitative estimate of drug-likeness (QED) is 0.126. The molecule has 45 heavy (non-hydrogen) atoms. The van der Waals surface area contributed by atoms with Crippen LogP contribution in [0.4, 0.5) is 0 Å². The van der Waals surface area contributed by atoms with Gasteiger partial charge >= 0.3 is 29.0 Å². The SMILES string of the molecule is C=C(O)c1c2[n-]c(c1C)/C=c1\[n-]/c(c(CCC(=O)O)c1C)=C\c1[n-]c(c(C)c1CCC(=O)O)/C=c1\[n-]/c(c(C)c1C(C)=O)=C\2.[Fe+4]. The summed E-state index contributed by atoms with van der Waals surface area (Å²) in [7, 11) is 0. The maximum absolute atomic E-state index is 12.8. The second-order valence-electron chi connectivity index (χ2n) is 11.1. The first kappa shape index (κ1) is 33.2. The molecule has 5 rings (SSSR count). The van der Waals surface area contributed by atoms with Gasteiger partial charge in [-0.2, -0.15) is 0 Å². The van der Waals surface area contributed by atoms with Gasteiger partial charge in [-0.15, -0.1) is 44.2 Å². The molecule has 0 spiro atoms. The molecule has 1 aliphatic rings. The van der Waals surface area contributed by atoms with Gasteiger partial charge in [-0.1, -0.05) is 64.3 Å². The molecule has 0 amide bonds. The molecule has 0 saturated heterocycles. The molecule has 8 bridgehead atoms.